The second-order valence-electron chi connectivity index (χ2n) is 6.80. The molecule has 0 spiro atoms. The molecule has 0 radical (unpaired) electrons. The van der Waals surface area contributed by atoms with Crippen molar-refractivity contribution in [3.8, 4) is 6.07 Å². The van der Waals surface area contributed by atoms with Crippen molar-refractivity contribution in [3.63, 3.8) is 0 Å². The topological polar surface area (TPSA) is 56.1 Å². The molecule has 2 rings (SSSR count). The Morgan fingerprint density at radius 3 is 2.68 bits per heavy atom. The Labute approximate surface area is 116 Å². The van der Waals surface area contributed by atoms with E-state index in [1.807, 2.05) is 0 Å². The maximum absolute atomic E-state index is 12.2. The molecule has 1 saturated heterocycles. The molecule has 19 heavy (non-hydrogen) atoms. The number of amides is 1. The molecular weight excluding hydrogens is 238 g/mol. The maximum Gasteiger partial charge on any atom is 0.237 e. The van der Waals surface area contributed by atoms with E-state index < -0.39 is 0 Å². The fourth-order valence-corrected chi connectivity index (χ4v) is 3.40. The van der Waals surface area contributed by atoms with Crippen molar-refractivity contribution in [2.24, 2.45) is 5.41 Å². The zero-order valence-electron chi connectivity index (χ0n) is 12.3. The Kier molecular flexibility index (Phi) is 3.87. The highest BCUT2D eigenvalue weighted by Gasteiger charge is 2.45. The summed E-state index contributed by atoms with van der Waals surface area (Å²) >= 11 is 0. The van der Waals surface area contributed by atoms with Gasteiger partial charge in [0.2, 0.25) is 5.91 Å². The lowest BCUT2D eigenvalue weighted by Crippen LogP contribution is -2.54. The smallest absolute Gasteiger partial charge is 0.237 e. The number of carbonyl (C=O) groups is 1. The first kappa shape index (κ1) is 14.3. The average molecular weight is 263 g/mol. The molecule has 106 valence electrons. The van der Waals surface area contributed by atoms with E-state index >= 15 is 0 Å². The molecule has 2 atom stereocenters. The van der Waals surface area contributed by atoms with Crippen LogP contribution in [0.15, 0.2) is 0 Å². The lowest BCUT2D eigenvalue weighted by Gasteiger charge is -2.39. The summed E-state index contributed by atoms with van der Waals surface area (Å²) in [6, 6.07) is 2.02. The van der Waals surface area contributed by atoms with Crippen LogP contribution < -0.4 is 5.32 Å². The van der Waals surface area contributed by atoms with E-state index in [9.17, 15) is 4.79 Å². The number of nitrogens with one attached hydrogen (secondary N) is 1. The van der Waals surface area contributed by atoms with Crippen LogP contribution in [0.1, 0.15) is 52.9 Å². The van der Waals surface area contributed by atoms with E-state index in [4.69, 9.17) is 5.26 Å². The van der Waals surface area contributed by atoms with E-state index in [1.165, 1.54) is 12.8 Å². The lowest BCUT2D eigenvalue weighted by atomic mass is 9.76. The number of nitrogens with zero attached hydrogens (tertiary/aromatic N) is 2. The lowest BCUT2D eigenvalue weighted by molar-refractivity contribution is -0.130. The van der Waals surface area contributed by atoms with Crippen LogP contribution in [0.3, 0.4) is 0 Å². The largest absolute Gasteiger partial charge is 0.326 e. The molecular formula is C15H25N3O. The minimum atomic E-state index is -0.210. The summed E-state index contributed by atoms with van der Waals surface area (Å²) in [6.07, 6.45) is 5.32. The van der Waals surface area contributed by atoms with E-state index in [-0.39, 0.29) is 22.9 Å². The molecule has 1 aliphatic heterocycles. The second-order valence-corrected chi connectivity index (χ2v) is 6.80. The quantitative estimate of drug-likeness (QED) is 0.848. The predicted octanol–water partition coefficient (Wildman–Crippen LogP) is 2.06. The van der Waals surface area contributed by atoms with E-state index in [0.717, 1.165) is 25.8 Å². The fraction of sp³-hybridized carbons (Fsp3) is 0.867. The summed E-state index contributed by atoms with van der Waals surface area (Å²) in [5, 5.41) is 12.5. The third-order valence-corrected chi connectivity index (χ3v) is 5.32. The molecule has 2 fully saturated rings. The van der Waals surface area contributed by atoms with Crippen molar-refractivity contribution in [2.45, 2.75) is 64.5 Å². The number of hydrogen-bond acceptors (Lipinski definition) is 3. The number of likely N-dealkylation sites (tertiary alicyclic amines) is 1. The average Bonchev–Trinajstić information content (AvgIpc) is 2.92. The molecule has 0 aromatic carbocycles. The van der Waals surface area contributed by atoms with Crippen molar-refractivity contribution in [1.29, 1.82) is 5.26 Å². The highest BCUT2D eigenvalue weighted by Crippen LogP contribution is 2.45. The Bertz CT molecular complexity index is 399. The van der Waals surface area contributed by atoms with E-state index in [0.29, 0.717) is 6.54 Å². The summed E-state index contributed by atoms with van der Waals surface area (Å²) in [5.74, 6) is 0.0768. The molecule has 1 aliphatic carbocycles. The van der Waals surface area contributed by atoms with Crippen molar-refractivity contribution in [3.05, 3.63) is 0 Å². The van der Waals surface area contributed by atoms with Crippen LogP contribution in [-0.4, -0.2) is 35.5 Å². The number of rotatable bonds is 3. The van der Waals surface area contributed by atoms with Gasteiger partial charge in [-0.3, -0.25) is 4.79 Å². The van der Waals surface area contributed by atoms with Crippen molar-refractivity contribution in [2.75, 3.05) is 13.1 Å². The molecule has 1 amide bonds. The Hall–Kier alpha value is -1.08. The van der Waals surface area contributed by atoms with Gasteiger partial charge in [-0.15, -0.1) is 0 Å². The molecule has 1 N–H and O–H groups in total. The summed E-state index contributed by atoms with van der Waals surface area (Å²) in [5.41, 5.74) is 0.261. The van der Waals surface area contributed by atoms with Gasteiger partial charge in [0.1, 0.15) is 6.04 Å². The zero-order chi connectivity index (χ0) is 14.1. The third-order valence-electron chi connectivity index (χ3n) is 5.32. The molecule has 0 aromatic heterocycles. The van der Waals surface area contributed by atoms with Crippen LogP contribution in [0, 0.1) is 16.7 Å². The molecule has 0 bridgehead atoms. The van der Waals surface area contributed by atoms with Crippen LogP contribution in [0.2, 0.25) is 0 Å². The van der Waals surface area contributed by atoms with E-state index in [2.05, 4.69) is 32.2 Å². The normalized spacial score (nSPS) is 33.4. The molecule has 1 saturated carbocycles. The number of nitriles is 1. The first-order valence-corrected chi connectivity index (χ1v) is 7.34. The first-order chi connectivity index (χ1) is 8.89. The second kappa shape index (κ2) is 5.13. The van der Waals surface area contributed by atoms with E-state index in [1.54, 1.807) is 4.90 Å². The Morgan fingerprint density at radius 2 is 2.11 bits per heavy atom. The first-order valence-electron chi connectivity index (χ1n) is 7.34. The minimum Gasteiger partial charge on any atom is -0.326 e. The summed E-state index contributed by atoms with van der Waals surface area (Å²) in [6.45, 7) is 7.85. The van der Waals surface area contributed by atoms with Gasteiger partial charge in [0, 0.05) is 12.1 Å². The SMILES string of the molecule is CC1(C)CCC[C@]1(C)NCC(=O)N1CCC[C@H]1C#N. The summed E-state index contributed by atoms with van der Waals surface area (Å²) in [4.78, 5) is 14.0. The van der Waals surface area contributed by atoms with Gasteiger partial charge in [-0.05, 0) is 38.0 Å². The van der Waals surface area contributed by atoms with Gasteiger partial charge in [-0.1, -0.05) is 20.3 Å². The highest BCUT2D eigenvalue weighted by atomic mass is 16.2. The maximum atomic E-state index is 12.2. The fourth-order valence-electron chi connectivity index (χ4n) is 3.40. The van der Waals surface area contributed by atoms with Gasteiger partial charge in [0.15, 0.2) is 0 Å². The summed E-state index contributed by atoms with van der Waals surface area (Å²) in [7, 11) is 0. The van der Waals surface area contributed by atoms with Gasteiger partial charge < -0.3 is 10.2 Å². The van der Waals surface area contributed by atoms with Crippen molar-refractivity contribution >= 4 is 5.91 Å². The highest BCUT2D eigenvalue weighted by molar-refractivity contribution is 5.79. The number of carbonyl (C=O) groups excluding carboxylic acids is 1. The van der Waals surface area contributed by atoms with Crippen molar-refractivity contribution in [1.82, 2.24) is 10.2 Å². The molecule has 1 heterocycles. The predicted molar refractivity (Wildman–Crippen MR) is 74.4 cm³/mol. The molecule has 0 unspecified atom stereocenters. The van der Waals surface area contributed by atoms with Crippen molar-refractivity contribution < 1.29 is 4.79 Å². The van der Waals surface area contributed by atoms with Crippen LogP contribution >= 0.6 is 0 Å². The molecule has 4 nitrogen and oxygen atoms in total. The standard InChI is InChI=1S/C15H25N3O/c1-14(2)7-5-8-15(14,3)17-11-13(19)18-9-4-6-12(18)10-16/h12,17H,4-9,11H2,1-3H3/t12-,15-/m0/s1. The van der Waals surface area contributed by atoms with Gasteiger partial charge in [-0.2, -0.15) is 5.26 Å². The summed E-state index contributed by atoms with van der Waals surface area (Å²) < 4.78 is 0. The van der Waals surface area contributed by atoms with Crippen LogP contribution in [0.5, 0.6) is 0 Å². The molecule has 0 aromatic rings. The minimum absolute atomic E-state index is 0.0323. The third kappa shape index (κ3) is 2.62. The zero-order valence-corrected chi connectivity index (χ0v) is 12.3. The van der Waals surface area contributed by atoms with Crippen LogP contribution in [0.25, 0.3) is 0 Å². The van der Waals surface area contributed by atoms with Gasteiger partial charge in [-0.25, -0.2) is 0 Å². The molecule has 4 heteroatoms. The van der Waals surface area contributed by atoms with Crippen LogP contribution in [-0.2, 0) is 4.79 Å². The molecule has 2 aliphatic rings. The Balaban J connectivity index is 1.92. The van der Waals surface area contributed by atoms with Gasteiger partial charge in [0.05, 0.1) is 12.6 Å². The van der Waals surface area contributed by atoms with Gasteiger partial charge >= 0.3 is 0 Å². The number of hydrogen-bond donors (Lipinski definition) is 1. The Morgan fingerprint density at radius 1 is 1.37 bits per heavy atom. The monoisotopic (exact) mass is 263 g/mol. The van der Waals surface area contributed by atoms with Crippen LogP contribution in [0.4, 0.5) is 0 Å². The van der Waals surface area contributed by atoms with Gasteiger partial charge in [0.25, 0.3) is 0 Å².